The Morgan fingerprint density at radius 2 is 1.81 bits per heavy atom. The quantitative estimate of drug-likeness (QED) is 0.650. The Hall–Kier alpha value is -1.38. The van der Waals surface area contributed by atoms with Crippen molar-refractivity contribution < 1.29 is 19.1 Å². The van der Waals surface area contributed by atoms with E-state index in [2.05, 4.69) is 24.5 Å². The molecule has 2 atom stereocenters. The molecular formula is C23H41ClN4O4. The first-order valence-electron chi connectivity index (χ1n) is 12.1. The standard InChI is InChI=1S/C23H40N4O4.ClH/c1-17(2)14-21(28)27-11-5-10-26(23(30)18-6-12-31-13-7-18)9-4-3-8-24-22(29)20-15-19(27)16-25-20;/h17-20,25H,3-16H2,1-2H3,(H,24,29);1H/t19-,20-;/m0./s1. The maximum atomic E-state index is 13.1. The minimum absolute atomic E-state index is 0. The molecule has 3 saturated heterocycles. The topological polar surface area (TPSA) is 91.0 Å². The molecule has 3 fully saturated rings. The van der Waals surface area contributed by atoms with E-state index in [0.29, 0.717) is 64.7 Å². The van der Waals surface area contributed by atoms with Gasteiger partial charge in [0.1, 0.15) is 0 Å². The number of fused-ring (bicyclic) bond motifs is 2. The summed E-state index contributed by atoms with van der Waals surface area (Å²) in [5.41, 5.74) is 0. The van der Waals surface area contributed by atoms with Crippen LogP contribution in [0.1, 0.15) is 58.8 Å². The van der Waals surface area contributed by atoms with E-state index in [-0.39, 0.29) is 48.1 Å². The van der Waals surface area contributed by atoms with E-state index in [0.717, 1.165) is 32.1 Å². The van der Waals surface area contributed by atoms with Crippen molar-refractivity contribution in [3.8, 4) is 0 Å². The number of carbonyl (C=O) groups is 3. The fourth-order valence-corrected chi connectivity index (χ4v) is 4.86. The molecular weight excluding hydrogens is 432 g/mol. The molecule has 3 aliphatic heterocycles. The zero-order chi connectivity index (χ0) is 22.2. The lowest BCUT2D eigenvalue weighted by Crippen LogP contribution is -2.45. The lowest BCUT2D eigenvalue weighted by Gasteiger charge is -2.33. The Morgan fingerprint density at radius 1 is 1.09 bits per heavy atom. The molecule has 0 aromatic carbocycles. The van der Waals surface area contributed by atoms with Crippen molar-refractivity contribution in [3.63, 3.8) is 0 Å². The van der Waals surface area contributed by atoms with E-state index < -0.39 is 0 Å². The van der Waals surface area contributed by atoms with Crippen LogP contribution >= 0.6 is 12.4 Å². The molecule has 3 rings (SSSR count). The molecule has 3 amide bonds. The van der Waals surface area contributed by atoms with Gasteiger partial charge in [-0.1, -0.05) is 13.8 Å². The molecule has 0 saturated carbocycles. The summed E-state index contributed by atoms with van der Waals surface area (Å²) in [6, 6.07) is -0.196. The molecule has 32 heavy (non-hydrogen) atoms. The zero-order valence-corrected chi connectivity index (χ0v) is 20.5. The van der Waals surface area contributed by atoms with Gasteiger partial charge in [-0.15, -0.1) is 12.4 Å². The Morgan fingerprint density at radius 3 is 2.53 bits per heavy atom. The summed E-state index contributed by atoms with van der Waals surface area (Å²) in [5, 5.41) is 6.32. The summed E-state index contributed by atoms with van der Waals surface area (Å²) in [4.78, 5) is 42.6. The lowest BCUT2D eigenvalue weighted by atomic mass is 9.98. The van der Waals surface area contributed by atoms with Crippen LogP contribution in [0.4, 0.5) is 0 Å². The maximum absolute atomic E-state index is 13.1. The summed E-state index contributed by atoms with van der Waals surface area (Å²) < 4.78 is 5.42. The SMILES string of the molecule is CC(C)CC(=O)N1CCCN(C(=O)C2CCOCC2)CCCCNC(=O)[C@@H]2C[C@H]1CN2.Cl. The second kappa shape index (κ2) is 13.4. The van der Waals surface area contributed by atoms with Gasteiger partial charge in [0.25, 0.3) is 0 Å². The van der Waals surface area contributed by atoms with Gasteiger partial charge in [-0.2, -0.15) is 0 Å². The highest BCUT2D eigenvalue weighted by Gasteiger charge is 2.35. The monoisotopic (exact) mass is 472 g/mol. The highest BCUT2D eigenvalue weighted by atomic mass is 35.5. The number of nitrogens with zero attached hydrogens (tertiary/aromatic N) is 2. The van der Waals surface area contributed by atoms with Crippen molar-refractivity contribution in [3.05, 3.63) is 0 Å². The molecule has 9 heteroatoms. The van der Waals surface area contributed by atoms with Crippen LogP contribution in [0.2, 0.25) is 0 Å². The molecule has 3 aliphatic rings. The molecule has 0 unspecified atom stereocenters. The van der Waals surface area contributed by atoms with Crippen LogP contribution in [0, 0.1) is 11.8 Å². The first-order valence-corrected chi connectivity index (χ1v) is 12.1. The predicted octanol–water partition coefficient (Wildman–Crippen LogP) is 1.57. The zero-order valence-electron chi connectivity index (χ0n) is 19.6. The number of hydrogen-bond donors (Lipinski definition) is 2. The van der Waals surface area contributed by atoms with Gasteiger partial charge in [-0.25, -0.2) is 0 Å². The molecule has 3 heterocycles. The smallest absolute Gasteiger partial charge is 0.237 e. The van der Waals surface area contributed by atoms with Crippen molar-refractivity contribution >= 4 is 30.1 Å². The van der Waals surface area contributed by atoms with E-state index in [1.807, 2.05) is 9.80 Å². The molecule has 0 aromatic rings. The highest BCUT2D eigenvalue weighted by Crippen LogP contribution is 2.20. The average molecular weight is 473 g/mol. The van der Waals surface area contributed by atoms with Crippen LogP contribution in [-0.4, -0.2) is 85.5 Å². The van der Waals surface area contributed by atoms with Gasteiger partial charge in [0.05, 0.1) is 6.04 Å². The third kappa shape index (κ3) is 7.59. The number of halogens is 1. The maximum Gasteiger partial charge on any atom is 0.237 e. The van der Waals surface area contributed by atoms with Crippen LogP contribution in [0.15, 0.2) is 0 Å². The van der Waals surface area contributed by atoms with Crippen molar-refractivity contribution in [2.45, 2.75) is 70.9 Å². The van der Waals surface area contributed by atoms with Gasteiger partial charge < -0.3 is 25.2 Å². The van der Waals surface area contributed by atoms with Crippen molar-refractivity contribution in [2.75, 3.05) is 45.9 Å². The van der Waals surface area contributed by atoms with E-state index >= 15 is 0 Å². The average Bonchev–Trinajstić information content (AvgIpc) is 3.23. The van der Waals surface area contributed by atoms with Gasteiger partial charge in [-0.3, -0.25) is 14.4 Å². The Bertz CT molecular complexity index is 627. The van der Waals surface area contributed by atoms with Crippen molar-refractivity contribution in [1.29, 1.82) is 0 Å². The normalized spacial score (nSPS) is 26.3. The largest absolute Gasteiger partial charge is 0.381 e. The minimum Gasteiger partial charge on any atom is -0.381 e. The number of carbonyl (C=O) groups excluding carboxylic acids is 3. The lowest BCUT2D eigenvalue weighted by molar-refractivity contribution is -0.139. The first kappa shape index (κ1) is 26.9. The summed E-state index contributed by atoms with van der Waals surface area (Å²) in [6.45, 7) is 8.70. The molecule has 2 bridgehead atoms. The van der Waals surface area contributed by atoms with E-state index in [9.17, 15) is 14.4 Å². The van der Waals surface area contributed by atoms with Gasteiger partial charge in [0, 0.05) is 64.3 Å². The van der Waals surface area contributed by atoms with Gasteiger partial charge in [0.15, 0.2) is 0 Å². The number of nitrogens with one attached hydrogen (secondary N) is 2. The molecule has 0 spiro atoms. The molecule has 0 radical (unpaired) electrons. The summed E-state index contributed by atoms with van der Waals surface area (Å²) >= 11 is 0. The number of hydrogen-bond acceptors (Lipinski definition) is 5. The summed E-state index contributed by atoms with van der Waals surface area (Å²) in [7, 11) is 0. The van der Waals surface area contributed by atoms with Gasteiger partial charge >= 0.3 is 0 Å². The van der Waals surface area contributed by atoms with Crippen LogP contribution < -0.4 is 10.6 Å². The van der Waals surface area contributed by atoms with E-state index in [1.54, 1.807) is 0 Å². The highest BCUT2D eigenvalue weighted by molar-refractivity contribution is 5.85. The van der Waals surface area contributed by atoms with Crippen LogP contribution in [-0.2, 0) is 19.1 Å². The molecule has 184 valence electrons. The Kier molecular flexibility index (Phi) is 11.2. The van der Waals surface area contributed by atoms with Gasteiger partial charge in [-0.05, 0) is 44.4 Å². The van der Waals surface area contributed by atoms with E-state index in [1.165, 1.54) is 0 Å². The van der Waals surface area contributed by atoms with E-state index in [4.69, 9.17) is 4.74 Å². The van der Waals surface area contributed by atoms with Crippen molar-refractivity contribution in [2.24, 2.45) is 11.8 Å². The van der Waals surface area contributed by atoms with Crippen LogP contribution in [0.25, 0.3) is 0 Å². The molecule has 0 aliphatic carbocycles. The number of amides is 3. The van der Waals surface area contributed by atoms with Gasteiger partial charge in [0.2, 0.25) is 17.7 Å². The molecule has 2 N–H and O–H groups in total. The fourth-order valence-electron chi connectivity index (χ4n) is 4.86. The first-order chi connectivity index (χ1) is 15.0. The third-order valence-corrected chi connectivity index (χ3v) is 6.63. The molecule has 0 aromatic heterocycles. The van der Waals surface area contributed by atoms with Crippen LogP contribution in [0.3, 0.4) is 0 Å². The van der Waals surface area contributed by atoms with Crippen molar-refractivity contribution in [1.82, 2.24) is 20.4 Å². The number of rotatable bonds is 3. The number of ether oxygens (including phenoxy) is 1. The minimum atomic E-state index is -0.228. The molecule has 8 nitrogen and oxygen atoms in total. The second-order valence-electron chi connectivity index (χ2n) is 9.60. The Labute approximate surface area is 198 Å². The fraction of sp³-hybridized carbons (Fsp3) is 0.870. The Balaban J connectivity index is 0.00000363. The van der Waals surface area contributed by atoms with Crippen LogP contribution in [0.5, 0.6) is 0 Å². The summed E-state index contributed by atoms with van der Waals surface area (Å²) in [6.07, 6.45) is 5.24. The second-order valence-corrected chi connectivity index (χ2v) is 9.60. The summed E-state index contributed by atoms with van der Waals surface area (Å²) in [5.74, 6) is 0.733. The predicted molar refractivity (Wildman–Crippen MR) is 126 cm³/mol. The third-order valence-electron chi connectivity index (χ3n) is 6.63.